The van der Waals surface area contributed by atoms with Crippen molar-refractivity contribution < 1.29 is 9.59 Å². The second-order valence-electron chi connectivity index (χ2n) is 10.7. The van der Waals surface area contributed by atoms with Crippen molar-refractivity contribution in [3.63, 3.8) is 0 Å². The highest BCUT2D eigenvalue weighted by Gasteiger charge is 2.49. The molecule has 37 heavy (non-hydrogen) atoms. The SMILES string of the molecule is CCc1ccc(-c2cc3n(n2)C[C@](C)(C(=O)NC2CCCCCC2)N(c2ccc(CC)cc2)C3=O)cc1. The summed E-state index contributed by atoms with van der Waals surface area (Å²) in [7, 11) is 0. The van der Waals surface area contributed by atoms with Gasteiger partial charge in [0.1, 0.15) is 11.2 Å². The van der Waals surface area contributed by atoms with Gasteiger partial charge in [-0.25, -0.2) is 0 Å². The Morgan fingerprint density at radius 3 is 2.14 bits per heavy atom. The van der Waals surface area contributed by atoms with Crippen molar-refractivity contribution in [3.8, 4) is 11.3 Å². The zero-order chi connectivity index (χ0) is 26.0. The van der Waals surface area contributed by atoms with Gasteiger partial charge < -0.3 is 5.32 Å². The van der Waals surface area contributed by atoms with Gasteiger partial charge in [-0.15, -0.1) is 0 Å². The largest absolute Gasteiger partial charge is 0.351 e. The molecule has 1 fully saturated rings. The Morgan fingerprint density at radius 1 is 0.946 bits per heavy atom. The van der Waals surface area contributed by atoms with Gasteiger partial charge in [0.05, 0.1) is 12.2 Å². The molecule has 1 aliphatic heterocycles. The Bertz CT molecular complexity index is 1250. The van der Waals surface area contributed by atoms with Crippen LogP contribution in [0.3, 0.4) is 0 Å². The van der Waals surface area contributed by atoms with Crippen LogP contribution in [0.25, 0.3) is 11.3 Å². The Hall–Kier alpha value is -3.41. The lowest BCUT2D eigenvalue weighted by Crippen LogP contribution is -2.65. The zero-order valence-corrected chi connectivity index (χ0v) is 22.3. The van der Waals surface area contributed by atoms with Crippen molar-refractivity contribution in [3.05, 3.63) is 71.4 Å². The Kier molecular flexibility index (Phi) is 7.18. The number of fused-ring (bicyclic) bond motifs is 1. The van der Waals surface area contributed by atoms with E-state index in [9.17, 15) is 9.59 Å². The van der Waals surface area contributed by atoms with E-state index in [2.05, 4.69) is 43.4 Å². The molecule has 2 aromatic carbocycles. The summed E-state index contributed by atoms with van der Waals surface area (Å²) in [6.07, 6.45) is 8.57. The molecule has 0 spiro atoms. The molecule has 0 saturated heterocycles. The fraction of sp³-hybridized carbons (Fsp3) is 0.452. The first-order valence-electron chi connectivity index (χ1n) is 13.8. The van der Waals surface area contributed by atoms with Crippen molar-refractivity contribution in [2.24, 2.45) is 0 Å². The van der Waals surface area contributed by atoms with Crippen LogP contribution in [0.1, 0.15) is 80.9 Å². The highest BCUT2D eigenvalue weighted by Crippen LogP contribution is 2.35. The molecule has 1 saturated carbocycles. The van der Waals surface area contributed by atoms with Gasteiger partial charge in [0.2, 0.25) is 5.91 Å². The average Bonchev–Trinajstić information content (AvgIpc) is 3.17. The first kappa shape index (κ1) is 25.2. The first-order chi connectivity index (χ1) is 17.9. The molecule has 1 aliphatic carbocycles. The third-order valence-electron chi connectivity index (χ3n) is 8.09. The molecule has 0 unspecified atom stereocenters. The predicted octanol–water partition coefficient (Wildman–Crippen LogP) is 5.93. The number of anilines is 1. The van der Waals surface area contributed by atoms with Crippen LogP contribution in [0.5, 0.6) is 0 Å². The number of carbonyl (C=O) groups is 2. The molecule has 194 valence electrons. The van der Waals surface area contributed by atoms with Gasteiger partial charge in [0.25, 0.3) is 5.91 Å². The molecule has 6 heteroatoms. The molecule has 2 aliphatic rings. The van der Waals surface area contributed by atoms with Crippen molar-refractivity contribution >= 4 is 17.5 Å². The number of hydrogen-bond acceptors (Lipinski definition) is 3. The van der Waals surface area contributed by atoms with Gasteiger partial charge in [0, 0.05) is 17.3 Å². The number of aryl methyl sites for hydroxylation is 2. The lowest BCUT2D eigenvalue weighted by atomic mass is 9.92. The van der Waals surface area contributed by atoms with E-state index in [1.54, 1.807) is 9.58 Å². The van der Waals surface area contributed by atoms with Crippen molar-refractivity contribution in [2.45, 2.75) is 90.3 Å². The van der Waals surface area contributed by atoms with E-state index in [0.29, 0.717) is 12.2 Å². The Labute approximate surface area is 220 Å². The standard InChI is InChI=1S/C31H38N4O2/c1-4-22-12-16-24(17-13-22)27-20-28-29(36)35(26-18-14-23(5-2)15-19-26)31(3,21-34(28)33-27)30(37)32-25-10-8-6-7-9-11-25/h12-20,25H,4-11,21H2,1-3H3,(H,32,37)/t31-/m1/s1. The van der Waals surface area contributed by atoms with Crippen LogP contribution >= 0.6 is 0 Å². The summed E-state index contributed by atoms with van der Waals surface area (Å²) < 4.78 is 1.73. The van der Waals surface area contributed by atoms with Gasteiger partial charge in [-0.1, -0.05) is 75.9 Å². The molecular formula is C31H38N4O2. The first-order valence-corrected chi connectivity index (χ1v) is 13.8. The molecular weight excluding hydrogens is 460 g/mol. The Morgan fingerprint density at radius 2 is 1.54 bits per heavy atom. The van der Waals surface area contributed by atoms with Crippen LogP contribution in [-0.4, -0.2) is 33.2 Å². The summed E-state index contributed by atoms with van der Waals surface area (Å²) in [5, 5.41) is 8.13. The van der Waals surface area contributed by atoms with Crippen molar-refractivity contribution in [2.75, 3.05) is 4.90 Å². The number of benzene rings is 2. The van der Waals surface area contributed by atoms with Crippen LogP contribution in [-0.2, 0) is 24.2 Å². The quantitative estimate of drug-likeness (QED) is 0.428. The number of aromatic nitrogens is 2. The molecule has 2 heterocycles. The van der Waals surface area contributed by atoms with E-state index in [1.807, 2.05) is 37.3 Å². The second-order valence-corrected chi connectivity index (χ2v) is 10.7. The average molecular weight is 499 g/mol. The number of rotatable bonds is 6. The van der Waals surface area contributed by atoms with Gasteiger partial charge >= 0.3 is 0 Å². The third-order valence-corrected chi connectivity index (χ3v) is 8.09. The summed E-state index contributed by atoms with van der Waals surface area (Å²) in [5.74, 6) is -0.305. The van der Waals surface area contributed by atoms with Crippen molar-refractivity contribution in [1.82, 2.24) is 15.1 Å². The number of nitrogens with zero attached hydrogens (tertiary/aromatic N) is 3. The van der Waals surface area contributed by atoms with E-state index in [4.69, 9.17) is 5.10 Å². The van der Waals surface area contributed by atoms with Gasteiger partial charge in [0.15, 0.2) is 0 Å². The number of carbonyl (C=O) groups excluding carboxylic acids is 2. The lowest BCUT2D eigenvalue weighted by Gasteiger charge is -2.43. The smallest absolute Gasteiger partial charge is 0.277 e. The summed E-state index contributed by atoms with van der Waals surface area (Å²) in [5.41, 5.74) is 4.32. The normalized spacial score (nSPS) is 20.4. The Balaban J connectivity index is 1.53. The predicted molar refractivity (Wildman–Crippen MR) is 148 cm³/mol. The molecule has 1 N–H and O–H groups in total. The lowest BCUT2D eigenvalue weighted by molar-refractivity contribution is -0.127. The van der Waals surface area contributed by atoms with Crippen molar-refractivity contribution in [1.29, 1.82) is 0 Å². The van der Waals surface area contributed by atoms with E-state index in [1.165, 1.54) is 24.0 Å². The third kappa shape index (κ3) is 4.94. The van der Waals surface area contributed by atoms with Crippen LogP contribution in [0, 0.1) is 0 Å². The van der Waals surface area contributed by atoms with E-state index in [-0.39, 0.29) is 17.9 Å². The molecule has 2 amide bonds. The van der Waals surface area contributed by atoms with E-state index < -0.39 is 5.54 Å². The molecule has 0 radical (unpaired) electrons. The minimum atomic E-state index is -1.10. The van der Waals surface area contributed by atoms with Gasteiger partial charge in [-0.05, 0) is 61.9 Å². The molecule has 5 rings (SSSR count). The fourth-order valence-electron chi connectivity index (χ4n) is 5.68. The molecule has 0 bridgehead atoms. The minimum Gasteiger partial charge on any atom is -0.351 e. The van der Waals surface area contributed by atoms with E-state index in [0.717, 1.165) is 55.5 Å². The maximum atomic E-state index is 14.1. The van der Waals surface area contributed by atoms with Crippen LogP contribution < -0.4 is 10.2 Å². The zero-order valence-electron chi connectivity index (χ0n) is 22.3. The van der Waals surface area contributed by atoms with Crippen LogP contribution in [0.4, 0.5) is 5.69 Å². The minimum absolute atomic E-state index is 0.109. The maximum Gasteiger partial charge on any atom is 0.277 e. The van der Waals surface area contributed by atoms with E-state index >= 15 is 0 Å². The van der Waals surface area contributed by atoms with Crippen LogP contribution in [0.15, 0.2) is 54.6 Å². The highest BCUT2D eigenvalue weighted by molar-refractivity contribution is 6.12. The molecule has 3 aromatic rings. The molecule has 6 nitrogen and oxygen atoms in total. The highest BCUT2D eigenvalue weighted by atomic mass is 16.2. The molecule has 1 aromatic heterocycles. The van der Waals surface area contributed by atoms with Crippen LogP contribution in [0.2, 0.25) is 0 Å². The topological polar surface area (TPSA) is 67.2 Å². The number of amides is 2. The van der Waals surface area contributed by atoms with Gasteiger partial charge in [-0.2, -0.15) is 5.10 Å². The summed E-state index contributed by atoms with van der Waals surface area (Å²) in [6, 6.07) is 18.3. The monoisotopic (exact) mass is 498 g/mol. The summed E-state index contributed by atoms with van der Waals surface area (Å²) in [6.45, 7) is 6.42. The van der Waals surface area contributed by atoms with Gasteiger partial charge in [-0.3, -0.25) is 19.2 Å². The number of hydrogen-bond donors (Lipinski definition) is 1. The number of nitrogens with one attached hydrogen (secondary N) is 1. The summed E-state index contributed by atoms with van der Waals surface area (Å²) in [4.78, 5) is 29.7. The maximum absolute atomic E-state index is 14.1. The fourth-order valence-corrected chi connectivity index (χ4v) is 5.68. The second kappa shape index (κ2) is 10.5. The summed E-state index contributed by atoms with van der Waals surface area (Å²) >= 11 is 0. The molecule has 1 atom stereocenters.